The predicted octanol–water partition coefficient (Wildman–Crippen LogP) is 3.70. The van der Waals surface area contributed by atoms with Gasteiger partial charge in [0, 0.05) is 34.4 Å². The molecule has 138 valence electrons. The lowest BCUT2D eigenvalue weighted by atomic mass is 9.99. The molecule has 1 atom stereocenters. The molecule has 0 fully saturated rings. The molecular formula is C21H16N4O3. The molecule has 2 aromatic carbocycles. The Labute approximate surface area is 161 Å². The van der Waals surface area contributed by atoms with Gasteiger partial charge in [0.25, 0.3) is 11.8 Å². The zero-order chi connectivity index (χ0) is 19.7. The Kier molecular flexibility index (Phi) is 4.49. The van der Waals surface area contributed by atoms with E-state index in [1.165, 1.54) is 6.33 Å². The third-order valence-corrected chi connectivity index (χ3v) is 5.00. The molecule has 4 rings (SSSR count). The molecule has 0 spiro atoms. The van der Waals surface area contributed by atoms with Gasteiger partial charge >= 0.3 is 0 Å². The summed E-state index contributed by atoms with van der Waals surface area (Å²) in [7, 11) is 0. The highest BCUT2D eigenvalue weighted by molar-refractivity contribution is 6.11. The van der Waals surface area contributed by atoms with Crippen molar-refractivity contribution in [2.75, 3.05) is 4.90 Å². The lowest BCUT2D eigenvalue weighted by Crippen LogP contribution is -2.23. The summed E-state index contributed by atoms with van der Waals surface area (Å²) in [4.78, 5) is 44.7. The van der Waals surface area contributed by atoms with Crippen molar-refractivity contribution in [1.82, 2.24) is 9.97 Å². The summed E-state index contributed by atoms with van der Waals surface area (Å²) in [6.45, 7) is 2.06. The third-order valence-electron chi connectivity index (χ3n) is 5.00. The Balaban J connectivity index is 1.65. The summed E-state index contributed by atoms with van der Waals surface area (Å²) in [6, 6.07) is 12.7. The van der Waals surface area contributed by atoms with Crippen LogP contribution < -0.4 is 4.90 Å². The Morgan fingerprint density at radius 3 is 2.43 bits per heavy atom. The molecular weight excluding hydrogens is 356 g/mol. The molecule has 0 saturated heterocycles. The molecule has 1 aromatic heterocycles. The molecule has 0 N–H and O–H groups in total. The zero-order valence-corrected chi connectivity index (χ0v) is 15.1. The lowest BCUT2D eigenvalue weighted by Gasteiger charge is -2.17. The molecule has 0 bridgehead atoms. The molecule has 0 aliphatic carbocycles. The summed E-state index contributed by atoms with van der Waals surface area (Å²) < 4.78 is 0. The number of nitrogens with zero attached hydrogens (tertiary/aromatic N) is 4. The average molecular weight is 372 g/mol. The highest BCUT2D eigenvalue weighted by Gasteiger charge is 2.30. The number of rotatable bonds is 4. The van der Waals surface area contributed by atoms with Crippen LogP contribution in [0, 0.1) is 4.91 Å². The van der Waals surface area contributed by atoms with Crippen LogP contribution in [-0.4, -0.2) is 21.8 Å². The van der Waals surface area contributed by atoms with Crippen molar-refractivity contribution in [3.63, 3.8) is 0 Å². The van der Waals surface area contributed by atoms with Crippen molar-refractivity contribution < 1.29 is 9.59 Å². The molecule has 7 heteroatoms. The van der Waals surface area contributed by atoms with E-state index >= 15 is 0 Å². The van der Waals surface area contributed by atoms with E-state index in [1.807, 2.05) is 18.2 Å². The number of carbonyl (C=O) groups excluding carboxylic acids is 2. The van der Waals surface area contributed by atoms with Crippen LogP contribution >= 0.6 is 0 Å². The Hall–Kier alpha value is -3.74. The van der Waals surface area contributed by atoms with Gasteiger partial charge in [0.15, 0.2) is 0 Å². The predicted molar refractivity (Wildman–Crippen MR) is 104 cm³/mol. The fourth-order valence-electron chi connectivity index (χ4n) is 3.41. The van der Waals surface area contributed by atoms with Crippen LogP contribution in [0.25, 0.3) is 11.1 Å². The van der Waals surface area contributed by atoms with E-state index < -0.39 is 11.8 Å². The van der Waals surface area contributed by atoms with Gasteiger partial charge in [-0.15, -0.1) is 4.91 Å². The van der Waals surface area contributed by atoms with Crippen LogP contribution in [0.4, 0.5) is 5.69 Å². The fourth-order valence-corrected chi connectivity index (χ4v) is 3.41. The first kappa shape index (κ1) is 17.7. The van der Waals surface area contributed by atoms with Crippen LogP contribution in [0.1, 0.15) is 34.3 Å². The van der Waals surface area contributed by atoms with Crippen LogP contribution in [0.15, 0.2) is 66.4 Å². The standard InChI is InChI=1S/C21H16N4O3/c1-13(20(26)24-28)14-5-7-16(8-6-14)25-11-19-17(15-9-22-12-23-10-15)3-2-4-18(19)21(25)27/h2-10,12-13H,11H2,1H3. The van der Waals surface area contributed by atoms with E-state index in [4.69, 9.17) is 0 Å². The first-order chi connectivity index (χ1) is 13.6. The number of aromatic nitrogens is 2. The van der Waals surface area contributed by atoms with Crippen LogP contribution in [0.2, 0.25) is 0 Å². The third kappa shape index (κ3) is 2.96. The number of amides is 2. The number of fused-ring (bicyclic) bond motifs is 1. The van der Waals surface area contributed by atoms with Gasteiger partial charge in [-0.25, -0.2) is 9.97 Å². The normalized spacial score (nSPS) is 13.9. The SMILES string of the molecule is CC(C(=O)N=O)c1ccc(N2Cc3c(cccc3-c3cncnc3)C2=O)cc1. The zero-order valence-electron chi connectivity index (χ0n) is 15.1. The van der Waals surface area contributed by atoms with Crippen LogP contribution in [-0.2, 0) is 11.3 Å². The molecule has 1 aliphatic heterocycles. The molecule has 0 radical (unpaired) electrons. The Bertz CT molecular complexity index is 1060. The second-order valence-corrected chi connectivity index (χ2v) is 6.59. The van der Waals surface area contributed by atoms with E-state index in [9.17, 15) is 14.5 Å². The number of carbonyl (C=O) groups is 2. The largest absolute Gasteiger partial charge is 0.304 e. The van der Waals surface area contributed by atoms with E-state index in [2.05, 4.69) is 15.1 Å². The Morgan fingerprint density at radius 1 is 1.07 bits per heavy atom. The summed E-state index contributed by atoms with van der Waals surface area (Å²) in [5, 5.41) is 2.48. The molecule has 2 amide bonds. The fraction of sp³-hybridized carbons (Fsp3) is 0.143. The quantitative estimate of drug-likeness (QED) is 0.651. The average Bonchev–Trinajstić information content (AvgIpc) is 3.10. The highest BCUT2D eigenvalue weighted by Crippen LogP contribution is 2.35. The smallest absolute Gasteiger partial charge is 0.293 e. The summed E-state index contributed by atoms with van der Waals surface area (Å²) in [5.74, 6) is -1.41. The van der Waals surface area contributed by atoms with Gasteiger partial charge in [0.05, 0.1) is 12.5 Å². The number of benzene rings is 2. The minimum atomic E-state index is -0.716. The van der Waals surface area contributed by atoms with Gasteiger partial charge in [-0.2, -0.15) is 0 Å². The molecule has 1 unspecified atom stereocenters. The van der Waals surface area contributed by atoms with Gasteiger partial charge < -0.3 is 4.90 Å². The monoisotopic (exact) mass is 372 g/mol. The van der Waals surface area contributed by atoms with Crippen LogP contribution in [0.5, 0.6) is 0 Å². The van der Waals surface area contributed by atoms with Crippen molar-refractivity contribution in [2.24, 2.45) is 5.18 Å². The summed E-state index contributed by atoms with van der Waals surface area (Å²) in [5.41, 5.74) is 4.78. The number of nitroso groups, excluding NO2 is 1. The molecule has 3 aromatic rings. The Morgan fingerprint density at radius 2 is 1.75 bits per heavy atom. The molecule has 0 saturated carbocycles. The minimum absolute atomic E-state index is 0.0832. The first-order valence-corrected chi connectivity index (χ1v) is 8.76. The molecule has 1 aliphatic rings. The van der Waals surface area contributed by atoms with Crippen molar-refractivity contribution >= 4 is 17.5 Å². The maximum Gasteiger partial charge on any atom is 0.293 e. The number of hydrogen-bond acceptors (Lipinski definition) is 5. The van der Waals surface area contributed by atoms with E-state index in [-0.39, 0.29) is 5.91 Å². The molecule has 7 nitrogen and oxygen atoms in total. The number of anilines is 1. The highest BCUT2D eigenvalue weighted by atomic mass is 16.3. The first-order valence-electron chi connectivity index (χ1n) is 8.76. The van der Waals surface area contributed by atoms with Crippen molar-refractivity contribution in [3.8, 4) is 11.1 Å². The van der Waals surface area contributed by atoms with Gasteiger partial charge in [0.1, 0.15) is 6.33 Å². The maximum atomic E-state index is 12.9. The maximum absolute atomic E-state index is 12.9. The van der Waals surface area contributed by atoms with Crippen molar-refractivity contribution in [2.45, 2.75) is 19.4 Å². The van der Waals surface area contributed by atoms with Gasteiger partial charge in [-0.3, -0.25) is 9.59 Å². The van der Waals surface area contributed by atoms with Gasteiger partial charge in [-0.05, 0) is 41.8 Å². The van der Waals surface area contributed by atoms with Crippen molar-refractivity contribution in [3.05, 3.63) is 82.8 Å². The minimum Gasteiger partial charge on any atom is -0.304 e. The van der Waals surface area contributed by atoms with Crippen LogP contribution in [0.3, 0.4) is 0 Å². The summed E-state index contributed by atoms with van der Waals surface area (Å²) >= 11 is 0. The second-order valence-electron chi connectivity index (χ2n) is 6.59. The summed E-state index contributed by atoms with van der Waals surface area (Å²) in [6.07, 6.45) is 4.92. The van der Waals surface area contributed by atoms with E-state index in [0.29, 0.717) is 17.7 Å². The lowest BCUT2D eigenvalue weighted by molar-refractivity contribution is -0.119. The van der Waals surface area contributed by atoms with Gasteiger partial charge in [0.2, 0.25) is 0 Å². The van der Waals surface area contributed by atoms with Gasteiger partial charge in [-0.1, -0.05) is 24.3 Å². The van der Waals surface area contributed by atoms with E-state index in [1.54, 1.807) is 48.5 Å². The topological polar surface area (TPSA) is 92.6 Å². The number of hydrogen-bond donors (Lipinski definition) is 0. The second kappa shape index (κ2) is 7.11. The molecule has 2 heterocycles. The van der Waals surface area contributed by atoms with Crippen molar-refractivity contribution in [1.29, 1.82) is 0 Å². The molecule has 28 heavy (non-hydrogen) atoms. The van der Waals surface area contributed by atoms with E-state index in [0.717, 1.165) is 22.4 Å².